The Morgan fingerprint density at radius 3 is 2.65 bits per heavy atom. The van der Waals surface area contributed by atoms with Crippen molar-refractivity contribution in [2.45, 2.75) is 49.7 Å². The highest BCUT2D eigenvalue weighted by Crippen LogP contribution is 2.41. The minimum Gasteiger partial charge on any atom is -0.496 e. The summed E-state index contributed by atoms with van der Waals surface area (Å²) in [6, 6.07) is 16.4. The molecule has 5 aromatic rings. The van der Waals surface area contributed by atoms with Gasteiger partial charge in [0.15, 0.2) is 9.96 Å². The van der Waals surface area contributed by atoms with Crippen LogP contribution in [0.25, 0.3) is 16.8 Å². The van der Waals surface area contributed by atoms with E-state index >= 15 is 0 Å². The third-order valence-corrected chi connectivity index (χ3v) is 9.78. The molecule has 0 spiro atoms. The van der Waals surface area contributed by atoms with Gasteiger partial charge in [-0.3, -0.25) is 24.3 Å². The Hall–Kier alpha value is -5.34. The van der Waals surface area contributed by atoms with Crippen molar-refractivity contribution >= 4 is 51.6 Å². The number of hydrogen-bond acceptors (Lipinski definition) is 11. The molecule has 250 valence electrons. The largest absolute Gasteiger partial charge is 0.496 e. The third-order valence-electron chi connectivity index (χ3n) is 7.85. The summed E-state index contributed by atoms with van der Waals surface area (Å²) in [7, 11) is 1.54. The first-order valence-corrected chi connectivity index (χ1v) is 17.1. The number of aromatic amines is 1. The molecule has 2 aromatic heterocycles. The van der Waals surface area contributed by atoms with E-state index in [2.05, 4.69) is 9.97 Å². The van der Waals surface area contributed by atoms with Crippen LogP contribution in [0.4, 0.5) is 5.69 Å². The number of aryl methyl sites for hydroxylation is 1. The van der Waals surface area contributed by atoms with Crippen LogP contribution < -0.4 is 25.2 Å². The Kier molecular flexibility index (Phi) is 9.60. The number of aromatic nitrogens is 3. The van der Waals surface area contributed by atoms with Crippen LogP contribution in [0, 0.1) is 17.0 Å². The maximum absolute atomic E-state index is 14.4. The fourth-order valence-corrected chi connectivity index (χ4v) is 7.78. The Bertz CT molecular complexity index is 2410. The van der Waals surface area contributed by atoms with Crippen molar-refractivity contribution in [1.82, 2.24) is 14.5 Å². The maximum atomic E-state index is 14.4. The first-order valence-electron chi connectivity index (χ1n) is 15.4. The van der Waals surface area contributed by atoms with E-state index in [0.29, 0.717) is 45.9 Å². The minimum atomic E-state index is -0.919. The molecular weight excluding hydrogens is 667 g/mol. The summed E-state index contributed by atoms with van der Waals surface area (Å²) in [5.74, 6) is -0.0805. The van der Waals surface area contributed by atoms with Gasteiger partial charge in [-0.15, -0.1) is 0 Å². The second-order valence-corrected chi connectivity index (χ2v) is 13.1. The number of carbonyl (C=O) groups is 1. The average Bonchev–Trinajstić information content (AvgIpc) is 3.37. The van der Waals surface area contributed by atoms with Crippen LogP contribution in [0.1, 0.15) is 49.6 Å². The number of carbonyl (C=O) groups excluding carboxylic acids is 1. The van der Waals surface area contributed by atoms with Gasteiger partial charge in [0, 0.05) is 23.4 Å². The van der Waals surface area contributed by atoms with Crippen LogP contribution in [0.2, 0.25) is 0 Å². The van der Waals surface area contributed by atoms with E-state index in [4.69, 9.17) is 14.5 Å². The highest BCUT2D eigenvalue weighted by molar-refractivity contribution is 7.99. The fourth-order valence-electron chi connectivity index (χ4n) is 5.84. The van der Waals surface area contributed by atoms with Crippen molar-refractivity contribution in [3.8, 4) is 5.75 Å². The SMILES string of the molecule is CCCC1=C(C(=O)OCC)[C@H](c2c(OC)ccc3ccccc23)n2c(s/c(=C/c3ccc(Sc4nc(C)cc(=O)[nH]4)c([N+](=O)[O-])c3)c2=O)=N1. The number of ether oxygens (including phenoxy) is 2. The molecule has 49 heavy (non-hydrogen) atoms. The third kappa shape index (κ3) is 6.56. The first kappa shape index (κ1) is 33.6. The topological polar surface area (TPSA) is 159 Å². The highest BCUT2D eigenvalue weighted by Gasteiger charge is 2.37. The number of benzene rings is 3. The lowest BCUT2D eigenvalue weighted by Crippen LogP contribution is -2.40. The summed E-state index contributed by atoms with van der Waals surface area (Å²) in [5.41, 5.74) is 1.29. The number of nitrogens with one attached hydrogen (secondary N) is 1. The molecule has 3 heterocycles. The van der Waals surface area contributed by atoms with Gasteiger partial charge in [0.1, 0.15) is 11.8 Å². The fraction of sp³-hybridized carbons (Fsp3) is 0.229. The zero-order chi connectivity index (χ0) is 34.8. The van der Waals surface area contributed by atoms with Crippen LogP contribution in [-0.2, 0) is 9.53 Å². The van der Waals surface area contributed by atoms with Crippen molar-refractivity contribution in [2.24, 2.45) is 4.99 Å². The lowest BCUT2D eigenvalue weighted by molar-refractivity contribution is -0.387. The number of nitro benzene ring substituents is 1. The van der Waals surface area contributed by atoms with Crippen LogP contribution in [-0.4, -0.2) is 39.1 Å². The number of hydrogen-bond donors (Lipinski definition) is 1. The van der Waals surface area contributed by atoms with E-state index < -0.39 is 22.5 Å². The molecule has 0 bridgehead atoms. The molecule has 1 N–H and O–H groups in total. The summed E-state index contributed by atoms with van der Waals surface area (Å²) in [6.07, 6.45) is 2.73. The Balaban J connectivity index is 1.56. The van der Waals surface area contributed by atoms with E-state index in [9.17, 15) is 24.5 Å². The van der Waals surface area contributed by atoms with Gasteiger partial charge >= 0.3 is 5.97 Å². The smallest absolute Gasteiger partial charge is 0.338 e. The molecule has 0 fully saturated rings. The van der Waals surface area contributed by atoms with Crippen molar-refractivity contribution in [3.63, 3.8) is 0 Å². The number of H-pyrrole nitrogens is 1. The molecule has 12 nitrogen and oxygen atoms in total. The van der Waals surface area contributed by atoms with Crippen molar-refractivity contribution in [1.29, 1.82) is 0 Å². The second kappa shape index (κ2) is 14.0. The Labute approximate surface area is 287 Å². The average molecular weight is 698 g/mol. The zero-order valence-corrected chi connectivity index (χ0v) is 28.6. The van der Waals surface area contributed by atoms with E-state index in [1.807, 2.05) is 43.3 Å². The van der Waals surface area contributed by atoms with Crippen molar-refractivity contribution < 1.29 is 19.2 Å². The summed E-state index contributed by atoms with van der Waals surface area (Å²) >= 11 is 2.09. The van der Waals surface area contributed by atoms with Gasteiger partial charge in [-0.25, -0.2) is 14.8 Å². The summed E-state index contributed by atoms with van der Waals surface area (Å²) in [5, 5.41) is 14.1. The molecule has 0 amide bonds. The number of methoxy groups -OCH3 is 1. The summed E-state index contributed by atoms with van der Waals surface area (Å²) in [4.78, 5) is 64.0. The van der Waals surface area contributed by atoms with Gasteiger partial charge in [-0.1, -0.05) is 61.1 Å². The molecule has 1 atom stereocenters. The Morgan fingerprint density at radius 2 is 1.94 bits per heavy atom. The van der Waals surface area contributed by atoms with Gasteiger partial charge < -0.3 is 14.5 Å². The number of esters is 1. The van der Waals surface area contributed by atoms with Crippen LogP contribution in [0.15, 0.2) is 96.6 Å². The Morgan fingerprint density at radius 1 is 1.14 bits per heavy atom. The van der Waals surface area contributed by atoms with Crippen molar-refractivity contribution in [2.75, 3.05) is 13.7 Å². The van der Waals surface area contributed by atoms with Crippen LogP contribution in [0.3, 0.4) is 0 Å². The minimum absolute atomic E-state index is 0.134. The van der Waals surface area contributed by atoms with E-state index in [-0.39, 0.29) is 38.0 Å². The molecule has 3 aromatic carbocycles. The molecular formula is C35H31N5O7S2. The molecule has 6 rings (SSSR count). The van der Waals surface area contributed by atoms with Crippen LogP contribution in [0.5, 0.6) is 5.75 Å². The molecule has 0 unspecified atom stereocenters. The van der Waals surface area contributed by atoms with Gasteiger partial charge in [0.05, 0.1) is 39.3 Å². The quantitative estimate of drug-likeness (QED) is 0.0897. The number of nitrogens with zero attached hydrogens (tertiary/aromatic N) is 4. The monoisotopic (exact) mass is 697 g/mol. The van der Waals surface area contributed by atoms with E-state index in [1.54, 1.807) is 39.2 Å². The number of fused-ring (bicyclic) bond motifs is 2. The van der Waals surface area contributed by atoms with Crippen molar-refractivity contribution in [3.05, 3.63) is 129 Å². The van der Waals surface area contributed by atoms with Gasteiger partial charge in [0.25, 0.3) is 16.8 Å². The maximum Gasteiger partial charge on any atom is 0.338 e. The number of nitro groups is 1. The molecule has 0 radical (unpaired) electrons. The van der Waals surface area contributed by atoms with Crippen LogP contribution >= 0.6 is 23.1 Å². The van der Waals surface area contributed by atoms with Gasteiger partial charge in [0.2, 0.25) is 0 Å². The highest BCUT2D eigenvalue weighted by atomic mass is 32.2. The standard InChI is InChI=1S/C35H31N5O7S2/c1-5-9-23-30(33(43)47-6-2)31(29-22-11-8-7-10-21(22)13-14-25(29)46-4)39-32(42)27(49-35(39)37-23)18-20-12-15-26(24(17-20)40(44)45)48-34-36-19(3)16-28(41)38-34/h7-8,10-18,31H,5-6,9H2,1-4H3,(H,36,38,41)/b27-18+/t31-/m0/s1. The molecule has 0 saturated carbocycles. The first-order chi connectivity index (χ1) is 23.6. The summed E-state index contributed by atoms with van der Waals surface area (Å²) in [6.45, 7) is 5.50. The zero-order valence-electron chi connectivity index (χ0n) is 27.0. The number of rotatable bonds is 10. The molecule has 14 heteroatoms. The van der Waals surface area contributed by atoms with Gasteiger partial charge in [-0.05, 0) is 66.6 Å². The second-order valence-electron chi connectivity index (χ2n) is 11.1. The lowest BCUT2D eigenvalue weighted by atomic mass is 9.90. The molecule has 0 aliphatic carbocycles. The predicted octanol–water partition coefficient (Wildman–Crippen LogP) is 5.19. The molecule has 1 aliphatic heterocycles. The number of allylic oxidation sites excluding steroid dienone is 1. The predicted molar refractivity (Wildman–Crippen MR) is 187 cm³/mol. The number of thiazole rings is 1. The molecule has 0 saturated heterocycles. The van der Waals surface area contributed by atoms with E-state index in [1.165, 1.54) is 16.7 Å². The molecule has 1 aliphatic rings. The van der Waals surface area contributed by atoms with Gasteiger partial charge in [-0.2, -0.15) is 0 Å². The van der Waals surface area contributed by atoms with E-state index in [0.717, 1.165) is 33.9 Å². The lowest BCUT2D eigenvalue weighted by Gasteiger charge is -2.28. The summed E-state index contributed by atoms with van der Waals surface area (Å²) < 4.78 is 13.1. The normalized spacial score (nSPS) is 14.4.